The quantitative estimate of drug-likeness (QED) is 0.347. The van der Waals surface area contributed by atoms with Gasteiger partial charge in [0.1, 0.15) is 11.3 Å². The molecule has 92 valence electrons. The van der Waals surface area contributed by atoms with Crippen LogP contribution in [0.5, 0.6) is 0 Å². The second kappa shape index (κ2) is 4.50. The number of ether oxygens (including phenoxy) is 1. The highest BCUT2D eigenvalue weighted by Gasteiger charge is 2.25. The van der Waals surface area contributed by atoms with E-state index in [0.717, 1.165) is 5.69 Å². The maximum absolute atomic E-state index is 11.5. The van der Waals surface area contributed by atoms with Crippen LogP contribution >= 0.6 is 0 Å². The molecule has 0 atom stereocenters. The van der Waals surface area contributed by atoms with E-state index < -0.39 is 10.9 Å². The van der Waals surface area contributed by atoms with Gasteiger partial charge in [0.15, 0.2) is 0 Å². The number of rotatable bonds is 3. The fourth-order valence-electron chi connectivity index (χ4n) is 1.37. The molecule has 0 bridgehead atoms. The molecule has 0 fully saturated rings. The Hall–Kier alpha value is -1.95. The molecule has 0 N–H and O–H groups in total. The zero-order valence-electron chi connectivity index (χ0n) is 10.3. The van der Waals surface area contributed by atoms with Crippen LogP contribution in [-0.2, 0) is 4.74 Å². The average Bonchev–Trinajstić information content (AvgIpc) is 2.25. The van der Waals surface area contributed by atoms with Gasteiger partial charge >= 0.3 is 5.97 Å². The normalized spacial score (nSPS) is 11.1. The number of benzene rings is 1. The van der Waals surface area contributed by atoms with Crippen molar-refractivity contribution in [2.24, 2.45) is 0 Å². The molecule has 0 aliphatic heterocycles. The van der Waals surface area contributed by atoms with Crippen LogP contribution < -0.4 is 4.48 Å². The Morgan fingerprint density at radius 1 is 1.35 bits per heavy atom. The number of esters is 1. The number of nitro groups is 1. The highest BCUT2D eigenvalue weighted by atomic mass is 16.6. The molecule has 6 nitrogen and oxygen atoms in total. The first-order valence-electron chi connectivity index (χ1n) is 4.96. The topological polar surface area (TPSA) is 69.4 Å². The van der Waals surface area contributed by atoms with Gasteiger partial charge in [-0.25, -0.2) is 4.79 Å². The maximum Gasteiger partial charge on any atom is 0.345 e. The minimum absolute atomic E-state index is 0.0250. The van der Waals surface area contributed by atoms with Crippen molar-refractivity contribution in [2.75, 3.05) is 28.3 Å². The summed E-state index contributed by atoms with van der Waals surface area (Å²) in [6.45, 7) is 0. The molecule has 0 saturated carbocycles. The average molecular weight is 239 g/mol. The van der Waals surface area contributed by atoms with Crippen LogP contribution in [0.15, 0.2) is 18.2 Å². The molecule has 0 aliphatic rings. The van der Waals surface area contributed by atoms with Crippen LogP contribution in [0.3, 0.4) is 0 Å². The van der Waals surface area contributed by atoms with Gasteiger partial charge in [0, 0.05) is 18.2 Å². The van der Waals surface area contributed by atoms with Gasteiger partial charge in [0.25, 0.3) is 5.69 Å². The van der Waals surface area contributed by atoms with E-state index >= 15 is 0 Å². The summed E-state index contributed by atoms with van der Waals surface area (Å²) < 4.78 is 5.00. The van der Waals surface area contributed by atoms with Crippen LogP contribution in [0.4, 0.5) is 11.4 Å². The fraction of sp³-hybridized carbons (Fsp3) is 0.364. The molecule has 0 heterocycles. The van der Waals surface area contributed by atoms with E-state index in [9.17, 15) is 14.9 Å². The zero-order valence-corrected chi connectivity index (χ0v) is 10.3. The monoisotopic (exact) mass is 239 g/mol. The lowest BCUT2D eigenvalue weighted by molar-refractivity contribution is -0.385. The zero-order chi connectivity index (χ0) is 13.2. The number of hydrogen-bond donors (Lipinski definition) is 0. The van der Waals surface area contributed by atoms with Crippen LogP contribution in [0.25, 0.3) is 0 Å². The van der Waals surface area contributed by atoms with Crippen molar-refractivity contribution in [1.29, 1.82) is 0 Å². The summed E-state index contributed by atoms with van der Waals surface area (Å²) in [6, 6.07) is 4.44. The van der Waals surface area contributed by atoms with Crippen LogP contribution in [0.2, 0.25) is 0 Å². The molecule has 0 spiro atoms. The lowest BCUT2D eigenvalue weighted by Crippen LogP contribution is -2.34. The van der Waals surface area contributed by atoms with Crippen molar-refractivity contribution < 1.29 is 14.5 Å². The van der Waals surface area contributed by atoms with Gasteiger partial charge < -0.3 is 4.74 Å². The third-order valence-corrected chi connectivity index (χ3v) is 2.36. The summed E-state index contributed by atoms with van der Waals surface area (Å²) in [6.07, 6.45) is 0. The molecule has 0 aromatic heterocycles. The van der Waals surface area contributed by atoms with Crippen molar-refractivity contribution in [1.82, 2.24) is 4.48 Å². The first kappa shape index (κ1) is 13.1. The summed E-state index contributed by atoms with van der Waals surface area (Å²) in [4.78, 5) is 21.7. The van der Waals surface area contributed by atoms with Gasteiger partial charge in [-0.15, -0.1) is 0 Å². The first-order chi connectivity index (χ1) is 7.77. The third-order valence-electron chi connectivity index (χ3n) is 2.36. The van der Waals surface area contributed by atoms with Crippen LogP contribution in [0, 0.1) is 10.1 Å². The number of quaternary nitrogens is 1. The predicted molar refractivity (Wildman–Crippen MR) is 64.0 cm³/mol. The van der Waals surface area contributed by atoms with Gasteiger partial charge in [0.05, 0.1) is 33.2 Å². The molecular weight excluding hydrogens is 224 g/mol. The largest absolute Gasteiger partial charge is 0.465 e. The molecule has 17 heavy (non-hydrogen) atoms. The van der Waals surface area contributed by atoms with Crippen molar-refractivity contribution >= 4 is 17.3 Å². The van der Waals surface area contributed by atoms with Crippen molar-refractivity contribution in [3.05, 3.63) is 33.9 Å². The molecule has 1 aromatic rings. The molecule has 0 amide bonds. The van der Waals surface area contributed by atoms with Crippen molar-refractivity contribution in [3.8, 4) is 0 Å². The van der Waals surface area contributed by atoms with E-state index in [0.29, 0.717) is 4.48 Å². The van der Waals surface area contributed by atoms with E-state index in [-0.39, 0.29) is 11.3 Å². The number of carbonyl (C=O) groups is 1. The maximum atomic E-state index is 11.5. The summed E-state index contributed by atoms with van der Waals surface area (Å²) in [7, 11) is 6.91. The van der Waals surface area contributed by atoms with Gasteiger partial charge in [-0.2, -0.15) is 0 Å². The number of methoxy groups -OCH3 is 1. The summed E-state index contributed by atoms with van der Waals surface area (Å²) in [5.74, 6) is -0.702. The number of nitrogens with zero attached hydrogens (tertiary/aromatic N) is 2. The van der Waals surface area contributed by atoms with Crippen LogP contribution in [-0.4, -0.2) is 39.1 Å². The van der Waals surface area contributed by atoms with Gasteiger partial charge in [-0.3, -0.25) is 14.6 Å². The Morgan fingerprint density at radius 2 is 1.94 bits per heavy atom. The number of carbonyl (C=O) groups excluding carboxylic acids is 1. The Labute approximate surface area is 99.2 Å². The molecule has 0 aliphatic carbocycles. The van der Waals surface area contributed by atoms with E-state index in [4.69, 9.17) is 0 Å². The lowest BCUT2D eigenvalue weighted by Gasteiger charge is -2.23. The highest BCUT2D eigenvalue weighted by molar-refractivity contribution is 5.94. The molecular formula is C11H15N2O4+. The molecule has 6 heteroatoms. The van der Waals surface area contributed by atoms with E-state index in [1.807, 2.05) is 21.1 Å². The predicted octanol–water partition coefficient (Wildman–Crippen LogP) is 1.58. The molecule has 0 unspecified atom stereocenters. The van der Waals surface area contributed by atoms with E-state index in [1.165, 1.54) is 19.2 Å². The third kappa shape index (κ3) is 2.79. The lowest BCUT2D eigenvalue weighted by atomic mass is 10.1. The fourth-order valence-corrected chi connectivity index (χ4v) is 1.37. The van der Waals surface area contributed by atoms with Gasteiger partial charge in [0.2, 0.25) is 0 Å². The molecule has 1 rings (SSSR count). The Kier molecular flexibility index (Phi) is 3.47. The van der Waals surface area contributed by atoms with Gasteiger partial charge in [-0.05, 0) is 0 Å². The van der Waals surface area contributed by atoms with E-state index in [1.54, 1.807) is 6.07 Å². The second-order valence-electron chi connectivity index (χ2n) is 4.46. The van der Waals surface area contributed by atoms with Crippen LogP contribution in [0.1, 0.15) is 10.4 Å². The van der Waals surface area contributed by atoms with Crippen molar-refractivity contribution in [3.63, 3.8) is 0 Å². The summed E-state index contributed by atoms with van der Waals surface area (Å²) in [5.41, 5.74) is 0.521. The minimum Gasteiger partial charge on any atom is -0.465 e. The smallest absolute Gasteiger partial charge is 0.345 e. The number of hydrogen-bond acceptors (Lipinski definition) is 4. The Morgan fingerprint density at radius 3 is 2.35 bits per heavy atom. The first-order valence-corrected chi connectivity index (χ1v) is 4.96. The van der Waals surface area contributed by atoms with Gasteiger partial charge in [-0.1, -0.05) is 0 Å². The van der Waals surface area contributed by atoms with E-state index in [2.05, 4.69) is 4.74 Å². The molecule has 0 radical (unpaired) electrons. The summed E-state index contributed by atoms with van der Waals surface area (Å²) in [5, 5.41) is 10.8. The summed E-state index contributed by atoms with van der Waals surface area (Å²) >= 11 is 0. The highest BCUT2D eigenvalue weighted by Crippen LogP contribution is 2.26. The molecule has 1 aromatic carbocycles. The number of nitro benzene ring substituents is 1. The Bertz CT molecular complexity index is 463. The second-order valence-corrected chi connectivity index (χ2v) is 4.46. The minimum atomic E-state index is -0.702. The van der Waals surface area contributed by atoms with Crippen molar-refractivity contribution in [2.45, 2.75) is 0 Å². The SMILES string of the molecule is COC(=O)c1cc([N+](C)(C)C)ccc1[N+](=O)[O-]. The Balaban J connectivity index is 3.39. The standard InChI is InChI=1S/C11H15N2O4/c1-13(2,3)8-5-6-10(12(15)16)9(7-8)11(14)17-4/h5-7H,1-4H3/q+1. The molecule has 0 saturated heterocycles.